The van der Waals surface area contributed by atoms with Crippen molar-refractivity contribution in [1.29, 1.82) is 5.41 Å². The monoisotopic (exact) mass is 142 g/mol. The number of hydrogen-bond acceptors (Lipinski definition) is 3. The van der Waals surface area contributed by atoms with Crippen molar-refractivity contribution in [3.8, 4) is 0 Å². The van der Waals surface area contributed by atoms with Crippen molar-refractivity contribution in [3.05, 3.63) is 0 Å². The number of carbonyl (C=O) groups is 1. The summed E-state index contributed by atoms with van der Waals surface area (Å²) in [7, 11) is 0. The predicted molar refractivity (Wildman–Crippen MR) is 41.2 cm³/mol. The van der Waals surface area contributed by atoms with Crippen LogP contribution in [0.2, 0.25) is 0 Å². The minimum Gasteiger partial charge on any atom is -0.327 e. The van der Waals surface area contributed by atoms with Crippen LogP contribution in [0.1, 0.15) is 20.8 Å². The number of Topliss-reactive ketones (excluding diaryl/α,β-unsaturated/α-hetero) is 1. The van der Waals surface area contributed by atoms with Gasteiger partial charge in [-0.3, -0.25) is 4.79 Å². The molecule has 3 N–H and O–H groups in total. The Bertz CT molecular complexity index is 152. The second kappa shape index (κ2) is 3.46. The number of rotatable bonds is 3. The van der Waals surface area contributed by atoms with Crippen molar-refractivity contribution >= 4 is 11.5 Å². The summed E-state index contributed by atoms with van der Waals surface area (Å²) < 4.78 is 0. The molecule has 1 unspecified atom stereocenters. The third-order valence-electron chi connectivity index (χ3n) is 1.57. The lowest BCUT2D eigenvalue weighted by atomic mass is 9.97. The minimum atomic E-state index is -0.225. The molecule has 0 amide bonds. The summed E-state index contributed by atoms with van der Waals surface area (Å²) in [4.78, 5) is 11.0. The Labute approximate surface area is 61.1 Å². The summed E-state index contributed by atoms with van der Waals surface area (Å²) in [5.74, 6) is -0.382. The lowest BCUT2D eigenvalue weighted by molar-refractivity contribution is -0.116. The largest absolute Gasteiger partial charge is 0.327 e. The van der Waals surface area contributed by atoms with Crippen molar-refractivity contribution in [2.24, 2.45) is 11.7 Å². The first kappa shape index (κ1) is 9.30. The molecule has 0 radical (unpaired) electrons. The summed E-state index contributed by atoms with van der Waals surface area (Å²) in [6.07, 6.45) is 0. The van der Waals surface area contributed by atoms with Gasteiger partial charge in [-0.15, -0.1) is 0 Å². The van der Waals surface area contributed by atoms with Crippen molar-refractivity contribution in [2.45, 2.75) is 26.8 Å². The van der Waals surface area contributed by atoms with Crippen LogP contribution in [0.15, 0.2) is 0 Å². The third kappa shape index (κ3) is 2.27. The van der Waals surface area contributed by atoms with Gasteiger partial charge in [-0.1, -0.05) is 6.92 Å². The van der Waals surface area contributed by atoms with Crippen molar-refractivity contribution < 1.29 is 4.79 Å². The molecule has 3 nitrogen and oxygen atoms in total. The van der Waals surface area contributed by atoms with Crippen LogP contribution in [0.25, 0.3) is 0 Å². The van der Waals surface area contributed by atoms with Crippen LogP contribution in [-0.2, 0) is 4.79 Å². The maximum atomic E-state index is 11.0. The van der Waals surface area contributed by atoms with Gasteiger partial charge >= 0.3 is 0 Å². The van der Waals surface area contributed by atoms with Gasteiger partial charge in [0.2, 0.25) is 0 Å². The second-order valence-electron chi connectivity index (χ2n) is 2.64. The fourth-order valence-corrected chi connectivity index (χ4v) is 0.580. The van der Waals surface area contributed by atoms with E-state index < -0.39 is 0 Å². The van der Waals surface area contributed by atoms with Gasteiger partial charge in [0, 0.05) is 12.0 Å². The first-order chi connectivity index (χ1) is 4.46. The van der Waals surface area contributed by atoms with Crippen LogP contribution in [0, 0.1) is 11.3 Å². The van der Waals surface area contributed by atoms with E-state index in [9.17, 15) is 4.79 Å². The summed E-state index contributed by atoms with van der Waals surface area (Å²) in [5.41, 5.74) is 5.54. The molecule has 0 fully saturated rings. The Morgan fingerprint density at radius 2 is 1.90 bits per heavy atom. The van der Waals surface area contributed by atoms with Crippen LogP contribution >= 0.6 is 0 Å². The average Bonchev–Trinajstić information content (AvgIpc) is 1.84. The van der Waals surface area contributed by atoms with Gasteiger partial charge in [0.1, 0.15) is 0 Å². The zero-order chi connectivity index (χ0) is 8.31. The second-order valence-corrected chi connectivity index (χ2v) is 2.64. The highest BCUT2D eigenvalue weighted by Gasteiger charge is 2.17. The van der Waals surface area contributed by atoms with Gasteiger partial charge in [0.15, 0.2) is 5.78 Å². The molecule has 0 rings (SSSR count). The molecule has 0 saturated carbocycles. The standard InChI is InChI=1S/C7H14N2O/c1-4(5(2)8)7(10)6(3)9/h4-5,9H,8H2,1-3H3/t4-,5?/m0/s1. The molecule has 0 spiro atoms. The van der Waals surface area contributed by atoms with Gasteiger partial charge in [0.05, 0.1) is 5.71 Å². The van der Waals surface area contributed by atoms with Crippen molar-refractivity contribution in [2.75, 3.05) is 0 Å². The third-order valence-corrected chi connectivity index (χ3v) is 1.57. The summed E-state index contributed by atoms with van der Waals surface area (Å²) in [6.45, 7) is 5.00. The van der Waals surface area contributed by atoms with Gasteiger partial charge in [-0.25, -0.2) is 0 Å². The van der Waals surface area contributed by atoms with E-state index in [-0.39, 0.29) is 23.5 Å². The highest BCUT2D eigenvalue weighted by Crippen LogP contribution is 2.01. The smallest absolute Gasteiger partial charge is 0.180 e. The fraction of sp³-hybridized carbons (Fsp3) is 0.714. The predicted octanol–water partition coefficient (Wildman–Crippen LogP) is 0.578. The Morgan fingerprint density at radius 3 is 2.00 bits per heavy atom. The Kier molecular flexibility index (Phi) is 3.22. The molecule has 0 aliphatic carbocycles. The number of hydrogen-bond donors (Lipinski definition) is 2. The molecule has 0 aliphatic rings. The van der Waals surface area contributed by atoms with E-state index in [1.54, 1.807) is 13.8 Å². The molecule has 58 valence electrons. The van der Waals surface area contributed by atoms with Gasteiger partial charge < -0.3 is 11.1 Å². The van der Waals surface area contributed by atoms with E-state index in [1.165, 1.54) is 6.92 Å². The molecule has 0 aliphatic heterocycles. The minimum absolute atomic E-state index is 0.0878. The van der Waals surface area contributed by atoms with Crippen molar-refractivity contribution in [1.82, 2.24) is 0 Å². The van der Waals surface area contributed by atoms with Gasteiger partial charge in [-0.2, -0.15) is 0 Å². The highest BCUT2D eigenvalue weighted by molar-refractivity contribution is 6.38. The normalized spacial score (nSPS) is 16.0. The van der Waals surface area contributed by atoms with Crippen LogP contribution in [-0.4, -0.2) is 17.5 Å². The molecule has 0 heterocycles. The fourth-order valence-electron chi connectivity index (χ4n) is 0.580. The van der Waals surface area contributed by atoms with E-state index in [4.69, 9.17) is 11.1 Å². The lowest BCUT2D eigenvalue weighted by Gasteiger charge is -2.12. The molecule has 0 aromatic rings. The molecule has 10 heavy (non-hydrogen) atoms. The first-order valence-corrected chi connectivity index (χ1v) is 3.31. The average molecular weight is 142 g/mol. The number of ketones is 1. The van der Waals surface area contributed by atoms with E-state index in [0.29, 0.717) is 0 Å². The van der Waals surface area contributed by atoms with Gasteiger partial charge in [-0.05, 0) is 13.8 Å². The summed E-state index contributed by atoms with van der Waals surface area (Å²) >= 11 is 0. The molecule has 0 bridgehead atoms. The lowest BCUT2D eigenvalue weighted by Crippen LogP contribution is -2.33. The van der Waals surface area contributed by atoms with E-state index >= 15 is 0 Å². The van der Waals surface area contributed by atoms with E-state index in [0.717, 1.165) is 0 Å². The maximum Gasteiger partial charge on any atom is 0.180 e. The quantitative estimate of drug-likeness (QED) is 0.566. The first-order valence-electron chi connectivity index (χ1n) is 3.31. The Morgan fingerprint density at radius 1 is 1.50 bits per heavy atom. The molecule has 3 heteroatoms. The number of nitrogens with one attached hydrogen (secondary N) is 1. The molecular weight excluding hydrogens is 128 g/mol. The highest BCUT2D eigenvalue weighted by atomic mass is 16.1. The van der Waals surface area contributed by atoms with Crippen LogP contribution < -0.4 is 5.73 Å². The molecule has 0 aromatic carbocycles. The van der Waals surface area contributed by atoms with E-state index in [2.05, 4.69) is 0 Å². The maximum absolute atomic E-state index is 11.0. The topological polar surface area (TPSA) is 66.9 Å². The molecular formula is C7H14N2O. The number of carbonyl (C=O) groups excluding carboxylic acids is 1. The van der Waals surface area contributed by atoms with Crippen LogP contribution in [0.4, 0.5) is 0 Å². The molecule has 0 aromatic heterocycles. The summed E-state index contributed by atoms with van der Waals surface area (Å²) in [6, 6.07) is -0.159. The van der Waals surface area contributed by atoms with Crippen molar-refractivity contribution in [3.63, 3.8) is 0 Å². The number of nitrogens with two attached hydrogens (primary N) is 1. The van der Waals surface area contributed by atoms with E-state index in [1.807, 2.05) is 0 Å². The Hall–Kier alpha value is -0.700. The zero-order valence-electron chi connectivity index (χ0n) is 6.64. The van der Waals surface area contributed by atoms with Crippen LogP contribution in [0.5, 0.6) is 0 Å². The SMILES string of the molecule is CC(=N)C(=O)[C@@H](C)C(C)N. The molecule has 0 saturated heterocycles. The zero-order valence-corrected chi connectivity index (χ0v) is 6.64. The Balaban J connectivity index is 4.08. The summed E-state index contributed by atoms with van der Waals surface area (Å²) in [5, 5.41) is 7.02. The van der Waals surface area contributed by atoms with Crippen LogP contribution in [0.3, 0.4) is 0 Å². The molecule has 2 atom stereocenters. The van der Waals surface area contributed by atoms with Gasteiger partial charge in [0.25, 0.3) is 0 Å².